The maximum absolute atomic E-state index is 12.4. The van der Waals surface area contributed by atoms with Crippen LogP contribution in [0.4, 0.5) is 0 Å². The maximum Gasteiger partial charge on any atom is 0.469 e. The first-order valence-corrected chi connectivity index (χ1v) is 23.2. The molecule has 55 heavy (non-hydrogen) atoms. The summed E-state index contributed by atoms with van der Waals surface area (Å²) in [5.74, 6) is -1.09. The minimum Gasteiger partial charge on any atom is -0.462 e. The minimum atomic E-state index is -4.81. The van der Waals surface area contributed by atoms with Gasteiger partial charge >= 0.3 is 19.8 Å². The van der Waals surface area contributed by atoms with Gasteiger partial charge in [0.1, 0.15) is 6.61 Å². The van der Waals surface area contributed by atoms with Gasteiger partial charge in [0, 0.05) is 12.8 Å². The molecule has 0 amide bonds. The number of allylic oxidation sites excluding steroid dienone is 9. The van der Waals surface area contributed by atoms with Crippen LogP contribution in [0.25, 0.3) is 0 Å². The number of esters is 2. The molecule has 0 saturated heterocycles. The first kappa shape index (κ1) is 52.7. The van der Waals surface area contributed by atoms with Gasteiger partial charge in [0.15, 0.2) is 6.10 Å². The third-order valence-corrected chi connectivity index (χ3v) is 9.60. The van der Waals surface area contributed by atoms with Crippen molar-refractivity contribution in [3.05, 3.63) is 60.8 Å². The standard InChI is InChI=1S/C45H79O9P/c1-3-5-7-9-11-13-15-17-18-19-20-21-22-24-26-28-30-32-34-38-44(47)52-40-43(41-53-55(49,50)51)54-45(48)39-35-37-42(46)36-33-31-29-27-25-23-16-14-12-10-8-6-4-2/h11,13,17-18,23,25,29,31,33,36,42-43,46H,3-10,12,14-16,19-22,24,26-28,30,32,34-35,37-41H2,1-2H3,(H2,49,50,51)/b13-11-,18-17-,25-23+,31-29+,36-33+/t42?,43-/m1/s1. The van der Waals surface area contributed by atoms with E-state index in [1.807, 2.05) is 12.2 Å². The Morgan fingerprint density at radius 1 is 0.564 bits per heavy atom. The monoisotopic (exact) mass is 795 g/mol. The second-order valence-electron chi connectivity index (χ2n) is 14.5. The van der Waals surface area contributed by atoms with Crippen LogP contribution in [-0.4, -0.2) is 52.3 Å². The number of carbonyl (C=O) groups excluding carboxylic acids is 2. The van der Waals surface area contributed by atoms with Gasteiger partial charge in [-0.25, -0.2) is 4.57 Å². The zero-order valence-corrected chi connectivity index (χ0v) is 35.6. The van der Waals surface area contributed by atoms with Crippen molar-refractivity contribution in [1.82, 2.24) is 0 Å². The second-order valence-corrected chi connectivity index (χ2v) is 15.8. The van der Waals surface area contributed by atoms with Gasteiger partial charge in [-0.3, -0.25) is 14.1 Å². The molecule has 318 valence electrons. The number of phosphoric ester groups is 1. The van der Waals surface area contributed by atoms with E-state index < -0.39 is 38.6 Å². The Morgan fingerprint density at radius 2 is 1.04 bits per heavy atom. The maximum atomic E-state index is 12.4. The second kappa shape index (κ2) is 39.9. The molecule has 0 bridgehead atoms. The molecule has 0 aliphatic rings. The Morgan fingerprint density at radius 3 is 1.60 bits per heavy atom. The van der Waals surface area contributed by atoms with E-state index in [0.29, 0.717) is 19.3 Å². The first-order valence-electron chi connectivity index (χ1n) is 21.7. The van der Waals surface area contributed by atoms with Crippen LogP contribution in [0, 0.1) is 0 Å². The van der Waals surface area contributed by atoms with Gasteiger partial charge in [-0.15, -0.1) is 0 Å². The molecule has 1 unspecified atom stereocenters. The van der Waals surface area contributed by atoms with Crippen molar-refractivity contribution in [3.8, 4) is 0 Å². The van der Waals surface area contributed by atoms with Crippen molar-refractivity contribution in [1.29, 1.82) is 0 Å². The summed E-state index contributed by atoms with van der Waals surface area (Å²) in [6, 6.07) is 0. The number of hydrogen-bond donors (Lipinski definition) is 3. The molecule has 10 heteroatoms. The summed E-state index contributed by atoms with van der Waals surface area (Å²) in [7, 11) is -4.81. The van der Waals surface area contributed by atoms with E-state index in [0.717, 1.165) is 44.9 Å². The summed E-state index contributed by atoms with van der Waals surface area (Å²) in [6.07, 6.45) is 46.8. The average Bonchev–Trinajstić information content (AvgIpc) is 3.15. The predicted octanol–water partition coefficient (Wildman–Crippen LogP) is 12.3. The Balaban J connectivity index is 4.08. The minimum absolute atomic E-state index is 0.0147. The molecule has 3 N–H and O–H groups in total. The van der Waals surface area contributed by atoms with Crippen molar-refractivity contribution in [2.45, 2.75) is 199 Å². The molecule has 0 heterocycles. The molecule has 0 rings (SSSR count). The zero-order chi connectivity index (χ0) is 40.5. The number of aliphatic hydroxyl groups is 1. The first-order chi connectivity index (χ1) is 26.7. The Labute approximate surface area is 335 Å². The number of aliphatic hydroxyl groups excluding tert-OH is 1. The summed E-state index contributed by atoms with van der Waals surface area (Å²) in [5, 5.41) is 10.2. The highest BCUT2D eigenvalue weighted by Crippen LogP contribution is 2.36. The number of phosphoric acid groups is 1. The van der Waals surface area contributed by atoms with Crippen molar-refractivity contribution in [2.75, 3.05) is 13.2 Å². The van der Waals surface area contributed by atoms with Crippen LogP contribution in [-0.2, 0) is 28.2 Å². The van der Waals surface area contributed by atoms with E-state index in [-0.39, 0.29) is 19.4 Å². The van der Waals surface area contributed by atoms with E-state index in [9.17, 15) is 19.3 Å². The number of rotatable bonds is 39. The summed E-state index contributed by atoms with van der Waals surface area (Å²) >= 11 is 0. The number of ether oxygens (including phenoxy) is 2. The summed E-state index contributed by atoms with van der Waals surface area (Å²) < 4.78 is 26.3. The molecule has 0 aromatic heterocycles. The molecular formula is C45H79O9P. The van der Waals surface area contributed by atoms with Crippen molar-refractivity contribution < 1.29 is 43.0 Å². The molecule has 0 radical (unpaired) electrons. The lowest BCUT2D eigenvalue weighted by molar-refractivity contribution is -0.161. The molecule has 2 atom stereocenters. The third-order valence-electron chi connectivity index (χ3n) is 9.11. The van der Waals surface area contributed by atoms with Crippen LogP contribution in [0.5, 0.6) is 0 Å². The van der Waals surface area contributed by atoms with Gasteiger partial charge < -0.3 is 24.4 Å². The van der Waals surface area contributed by atoms with E-state index in [1.54, 1.807) is 12.2 Å². The number of unbranched alkanes of at least 4 members (excludes halogenated alkanes) is 18. The predicted molar refractivity (Wildman–Crippen MR) is 227 cm³/mol. The SMILES string of the molecule is CCCCC/C=C\C/C=C\CCCCCCCCCCCC(=O)OC[C@H](COP(=O)(O)O)OC(=O)CCCC(O)/C=C/C=C/C/C=C/CCCCCCCC. The lowest BCUT2D eigenvalue weighted by Gasteiger charge is -2.18. The fourth-order valence-corrected chi connectivity index (χ4v) is 6.18. The van der Waals surface area contributed by atoms with Gasteiger partial charge in [-0.2, -0.15) is 0 Å². The van der Waals surface area contributed by atoms with E-state index in [2.05, 4.69) is 54.8 Å². The highest BCUT2D eigenvalue weighted by atomic mass is 31.2. The lowest BCUT2D eigenvalue weighted by Crippen LogP contribution is -2.29. The molecule has 0 aromatic carbocycles. The van der Waals surface area contributed by atoms with Gasteiger partial charge in [0.05, 0.1) is 12.7 Å². The fourth-order valence-electron chi connectivity index (χ4n) is 5.82. The van der Waals surface area contributed by atoms with Crippen LogP contribution < -0.4 is 0 Å². The van der Waals surface area contributed by atoms with Gasteiger partial charge in [0.25, 0.3) is 0 Å². The normalized spacial score (nSPS) is 13.6. The number of hydrogen-bond acceptors (Lipinski definition) is 7. The molecule has 0 saturated carbocycles. The molecule has 0 fully saturated rings. The summed E-state index contributed by atoms with van der Waals surface area (Å²) in [4.78, 5) is 42.9. The topological polar surface area (TPSA) is 140 Å². The van der Waals surface area contributed by atoms with Crippen molar-refractivity contribution in [2.24, 2.45) is 0 Å². The van der Waals surface area contributed by atoms with Crippen LogP contribution >= 0.6 is 7.82 Å². The van der Waals surface area contributed by atoms with E-state index >= 15 is 0 Å². The van der Waals surface area contributed by atoms with Crippen molar-refractivity contribution in [3.63, 3.8) is 0 Å². The third kappa shape index (κ3) is 42.7. The molecule has 0 aromatic rings. The van der Waals surface area contributed by atoms with Crippen molar-refractivity contribution >= 4 is 19.8 Å². The van der Waals surface area contributed by atoms with E-state index in [1.165, 1.54) is 96.3 Å². The highest BCUT2D eigenvalue weighted by Gasteiger charge is 2.23. The fraction of sp³-hybridized carbons (Fsp3) is 0.733. The van der Waals surface area contributed by atoms with Gasteiger partial charge in [-0.1, -0.05) is 164 Å². The summed E-state index contributed by atoms with van der Waals surface area (Å²) in [6.45, 7) is 3.49. The molecule has 0 spiro atoms. The Hall–Kier alpha value is -2.29. The molecule has 9 nitrogen and oxygen atoms in total. The number of carbonyl (C=O) groups is 2. The van der Waals surface area contributed by atoms with E-state index in [4.69, 9.17) is 19.3 Å². The lowest BCUT2D eigenvalue weighted by atomic mass is 10.1. The highest BCUT2D eigenvalue weighted by molar-refractivity contribution is 7.46. The molecule has 0 aliphatic carbocycles. The smallest absolute Gasteiger partial charge is 0.462 e. The van der Waals surface area contributed by atoms with Gasteiger partial charge in [-0.05, 0) is 70.6 Å². The van der Waals surface area contributed by atoms with Gasteiger partial charge in [0.2, 0.25) is 0 Å². The molecular weight excluding hydrogens is 715 g/mol. The van der Waals surface area contributed by atoms with Crippen LogP contribution in [0.15, 0.2) is 60.8 Å². The quantitative estimate of drug-likeness (QED) is 0.0182. The van der Waals surface area contributed by atoms with Crippen LogP contribution in [0.1, 0.15) is 187 Å². The summed E-state index contributed by atoms with van der Waals surface area (Å²) in [5.41, 5.74) is 0. The Bertz CT molecular complexity index is 1090. The molecule has 0 aliphatic heterocycles. The zero-order valence-electron chi connectivity index (χ0n) is 34.7. The largest absolute Gasteiger partial charge is 0.469 e. The van der Waals surface area contributed by atoms with Crippen LogP contribution in [0.2, 0.25) is 0 Å². The average molecular weight is 795 g/mol. The Kier molecular flexibility index (Phi) is 38.3. The van der Waals surface area contributed by atoms with Crippen LogP contribution in [0.3, 0.4) is 0 Å².